The molecule has 1 atom stereocenters. The SMILES string of the molecule is CC(O)(c1cc(F)cc(F)c1)c1cccc(C(F)(F)F)c1. The molecular formula is C15H11F5O. The van der Waals surface area contributed by atoms with Gasteiger partial charge in [0.1, 0.15) is 17.2 Å². The minimum absolute atomic E-state index is 0.109. The summed E-state index contributed by atoms with van der Waals surface area (Å²) in [5.41, 5.74) is -3.18. The Labute approximate surface area is 117 Å². The van der Waals surface area contributed by atoms with E-state index in [1.807, 2.05) is 0 Å². The van der Waals surface area contributed by atoms with E-state index in [0.717, 1.165) is 30.3 Å². The van der Waals surface area contributed by atoms with Crippen LogP contribution in [-0.2, 0) is 11.8 Å². The van der Waals surface area contributed by atoms with Gasteiger partial charge in [-0.25, -0.2) is 8.78 Å². The number of aliphatic hydroxyl groups is 1. The molecule has 112 valence electrons. The number of benzene rings is 2. The van der Waals surface area contributed by atoms with Crippen molar-refractivity contribution in [2.75, 3.05) is 0 Å². The molecule has 6 heteroatoms. The van der Waals surface area contributed by atoms with Gasteiger partial charge in [-0.1, -0.05) is 12.1 Å². The van der Waals surface area contributed by atoms with E-state index >= 15 is 0 Å². The fourth-order valence-corrected chi connectivity index (χ4v) is 2.00. The first-order valence-electron chi connectivity index (χ1n) is 5.97. The summed E-state index contributed by atoms with van der Waals surface area (Å²) < 4.78 is 64.5. The van der Waals surface area contributed by atoms with Crippen LogP contribution in [0.3, 0.4) is 0 Å². The second-order valence-corrected chi connectivity index (χ2v) is 4.81. The molecular weight excluding hydrogens is 291 g/mol. The predicted molar refractivity (Wildman–Crippen MR) is 66.5 cm³/mol. The van der Waals surface area contributed by atoms with Crippen molar-refractivity contribution in [2.45, 2.75) is 18.7 Å². The van der Waals surface area contributed by atoms with Crippen LogP contribution >= 0.6 is 0 Å². The largest absolute Gasteiger partial charge is 0.416 e. The van der Waals surface area contributed by atoms with Crippen LogP contribution in [0.2, 0.25) is 0 Å². The first kappa shape index (κ1) is 15.4. The molecule has 2 rings (SSSR count). The lowest BCUT2D eigenvalue weighted by Crippen LogP contribution is -2.24. The highest BCUT2D eigenvalue weighted by Gasteiger charge is 2.33. The molecule has 1 nitrogen and oxygen atoms in total. The number of hydrogen-bond acceptors (Lipinski definition) is 1. The molecule has 0 amide bonds. The zero-order valence-corrected chi connectivity index (χ0v) is 10.9. The highest BCUT2D eigenvalue weighted by Crippen LogP contribution is 2.35. The minimum atomic E-state index is -4.57. The summed E-state index contributed by atoms with van der Waals surface area (Å²) in [5.74, 6) is -1.84. The molecule has 0 saturated carbocycles. The Kier molecular flexibility index (Phi) is 3.76. The van der Waals surface area contributed by atoms with Gasteiger partial charge in [0.25, 0.3) is 0 Å². The normalized spacial score (nSPS) is 14.8. The topological polar surface area (TPSA) is 20.2 Å². The van der Waals surface area contributed by atoms with Crippen LogP contribution in [0.5, 0.6) is 0 Å². The molecule has 0 saturated heterocycles. The number of rotatable bonds is 2. The average molecular weight is 302 g/mol. The predicted octanol–water partition coefficient (Wildman–Crippen LogP) is 4.24. The molecule has 0 aliphatic heterocycles. The molecule has 0 aliphatic rings. The number of alkyl halides is 3. The van der Waals surface area contributed by atoms with E-state index in [2.05, 4.69) is 0 Å². The number of halogens is 5. The quantitative estimate of drug-likeness (QED) is 0.823. The Hall–Kier alpha value is -1.95. The van der Waals surface area contributed by atoms with Crippen molar-refractivity contribution in [3.05, 3.63) is 70.8 Å². The lowest BCUT2D eigenvalue weighted by molar-refractivity contribution is -0.137. The minimum Gasteiger partial charge on any atom is -0.381 e. The first-order valence-corrected chi connectivity index (χ1v) is 5.97. The molecule has 1 unspecified atom stereocenters. The fourth-order valence-electron chi connectivity index (χ4n) is 2.00. The first-order chi connectivity index (χ1) is 9.60. The fraction of sp³-hybridized carbons (Fsp3) is 0.200. The van der Waals surface area contributed by atoms with Gasteiger partial charge in [-0.15, -0.1) is 0 Å². The van der Waals surface area contributed by atoms with E-state index in [4.69, 9.17) is 0 Å². The third kappa shape index (κ3) is 3.21. The lowest BCUT2D eigenvalue weighted by Gasteiger charge is -2.25. The van der Waals surface area contributed by atoms with E-state index in [9.17, 15) is 27.1 Å². The summed E-state index contributed by atoms with van der Waals surface area (Å²) in [6, 6.07) is 6.37. The van der Waals surface area contributed by atoms with Crippen molar-refractivity contribution in [2.24, 2.45) is 0 Å². The monoisotopic (exact) mass is 302 g/mol. The maximum atomic E-state index is 13.2. The Balaban J connectivity index is 2.53. The Morgan fingerprint density at radius 3 is 1.86 bits per heavy atom. The molecule has 0 fully saturated rings. The van der Waals surface area contributed by atoms with Crippen molar-refractivity contribution in [3.8, 4) is 0 Å². The summed E-state index contributed by atoms with van der Waals surface area (Å²) in [6.45, 7) is 1.18. The second kappa shape index (κ2) is 5.11. The van der Waals surface area contributed by atoms with E-state index in [-0.39, 0.29) is 11.1 Å². The summed E-state index contributed by atoms with van der Waals surface area (Å²) in [6.07, 6.45) is -4.57. The molecule has 0 heterocycles. The van der Waals surface area contributed by atoms with Crippen LogP contribution in [0.4, 0.5) is 22.0 Å². The van der Waals surface area contributed by atoms with Crippen LogP contribution < -0.4 is 0 Å². The van der Waals surface area contributed by atoms with Crippen LogP contribution in [0.15, 0.2) is 42.5 Å². The smallest absolute Gasteiger partial charge is 0.381 e. The molecule has 2 aromatic rings. The molecule has 0 aromatic heterocycles. The van der Waals surface area contributed by atoms with Crippen LogP contribution in [0.1, 0.15) is 23.6 Å². The summed E-state index contributed by atoms with van der Waals surface area (Å²) in [5, 5.41) is 10.4. The van der Waals surface area contributed by atoms with Crippen molar-refractivity contribution in [1.82, 2.24) is 0 Å². The Morgan fingerprint density at radius 2 is 1.33 bits per heavy atom. The van der Waals surface area contributed by atoms with Gasteiger partial charge in [-0.3, -0.25) is 0 Å². The highest BCUT2D eigenvalue weighted by molar-refractivity contribution is 5.38. The molecule has 0 bridgehead atoms. The summed E-state index contributed by atoms with van der Waals surface area (Å²) in [7, 11) is 0. The number of hydrogen-bond donors (Lipinski definition) is 1. The lowest BCUT2D eigenvalue weighted by atomic mass is 9.87. The molecule has 0 radical (unpaired) electrons. The van der Waals surface area contributed by atoms with Gasteiger partial charge in [0.05, 0.1) is 5.56 Å². The summed E-state index contributed by atoms with van der Waals surface area (Å²) >= 11 is 0. The van der Waals surface area contributed by atoms with Gasteiger partial charge in [0, 0.05) is 6.07 Å². The molecule has 2 aromatic carbocycles. The van der Waals surface area contributed by atoms with Gasteiger partial charge < -0.3 is 5.11 Å². The third-order valence-electron chi connectivity index (χ3n) is 3.18. The summed E-state index contributed by atoms with van der Waals surface area (Å²) in [4.78, 5) is 0. The Bertz CT molecular complexity index is 641. The van der Waals surface area contributed by atoms with Gasteiger partial charge in [0.2, 0.25) is 0 Å². The van der Waals surface area contributed by atoms with Crippen molar-refractivity contribution >= 4 is 0 Å². The van der Waals surface area contributed by atoms with Crippen LogP contribution in [-0.4, -0.2) is 5.11 Å². The molecule has 1 N–H and O–H groups in total. The van der Waals surface area contributed by atoms with Gasteiger partial charge in [-0.05, 0) is 42.3 Å². The Morgan fingerprint density at radius 1 is 0.810 bits per heavy atom. The van der Waals surface area contributed by atoms with Gasteiger partial charge >= 0.3 is 6.18 Å². The standard InChI is InChI=1S/C15H11F5O/c1-14(21,11-6-12(16)8-13(17)7-11)9-3-2-4-10(5-9)15(18,19)20/h2-8,21H,1H3. The molecule has 0 spiro atoms. The van der Waals surface area contributed by atoms with Crippen molar-refractivity contribution in [1.29, 1.82) is 0 Å². The zero-order chi connectivity index (χ0) is 15.8. The average Bonchev–Trinajstić information content (AvgIpc) is 2.36. The molecule has 21 heavy (non-hydrogen) atoms. The van der Waals surface area contributed by atoms with Crippen molar-refractivity contribution < 1.29 is 27.1 Å². The van der Waals surface area contributed by atoms with E-state index < -0.39 is 29.0 Å². The van der Waals surface area contributed by atoms with Gasteiger partial charge in [0.15, 0.2) is 0 Å². The van der Waals surface area contributed by atoms with E-state index in [1.165, 1.54) is 13.0 Å². The van der Waals surface area contributed by atoms with E-state index in [0.29, 0.717) is 6.07 Å². The highest BCUT2D eigenvalue weighted by atomic mass is 19.4. The van der Waals surface area contributed by atoms with Gasteiger partial charge in [-0.2, -0.15) is 13.2 Å². The zero-order valence-electron chi connectivity index (χ0n) is 10.9. The van der Waals surface area contributed by atoms with E-state index in [1.54, 1.807) is 0 Å². The third-order valence-corrected chi connectivity index (χ3v) is 3.18. The van der Waals surface area contributed by atoms with Crippen LogP contribution in [0, 0.1) is 11.6 Å². The maximum Gasteiger partial charge on any atom is 0.416 e. The van der Waals surface area contributed by atoms with Crippen molar-refractivity contribution in [3.63, 3.8) is 0 Å². The molecule has 0 aliphatic carbocycles. The second-order valence-electron chi connectivity index (χ2n) is 4.81. The van der Waals surface area contributed by atoms with Crippen LogP contribution in [0.25, 0.3) is 0 Å². The maximum absolute atomic E-state index is 13.2.